The van der Waals surface area contributed by atoms with Gasteiger partial charge in [0.05, 0.1) is 5.92 Å². The van der Waals surface area contributed by atoms with Crippen molar-refractivity contribution in [1.82, 2.24) is 4.90 Å². The Morgan fingerprint density at radius 2 is 2.32 bits per heavy atom. The SMILES string of the molecule is C[C@@H](CN(C)C(=O)[C@H]1SCCc2sccc21)C(=O)O. The summed E-state index contributed by atoms with van der Waals surface area (Å²) in [4.78, 5) is 26.1. The van der Waals surface area contributed by atoms with Gasteiger partial charge in [-0.05, 0) is 29.2 Å². The third-order valence-corrected chi connectivity index (χ3v) is 5.47. The van der Waals surface area contributed by atoms with Crippen molar-refractivity contribution in [2.75, 3.05) is 19.3 Å². The van der Waals surface area contributed by atoms with Crippen molar-refractivity contribution < 1.29 is 14.7 Å². The lowest BCUT2D eigenvalue weighted by Crippen LogP contribution is -2.36. The van der Waals surface area contributed by atoms with Crippen molar-refractivity contribution in [3.8, 4) is 0 Å². The molecule has 0 saturated carbocycles. The summed E-state index contributed by atoms with van der Waals surface area (Å²) in [5.74, 6) is -0.444. The molecule has 6 heteroatoms. The fourth-order valence-corrected chi connectivity index (χ4v) is 4.54. The van der Waals surface area contributed by atoms with Crippen molar-refractivity contribution in [3.63, 3.8) is 0 Å². The van der Waals surface area contributed by atoms with Crippen LogP contribution in [0.3, 0.4) is 0 Å². The number of fused-ring (bicyclic) bond motifs is 1. The number of likely N-dealkylation sites (N-methyl/N-ethyl adjacent to an activating group) is 1. The molecule has 2 rings (SSSR count). The maximum absolute atomic E-state index is 12.4. The smallest absolute Gasteiger partial charge is 0.308 e. The molecule has 0 fully saturated rings. The first-order valence-electron chi connectivity index (χ1n) is 6.16. The normalized spacial score (nSPS) is 19.6. The minimum Gasteiger partial charge on any atom is -0.481 e. The number of aryl methyl sites for hydroxylation is 1. The average molecular weight is 299 g/mol. The van der Waals surface area contributed by atoms with Crippen LogP contribution in [-0.2, 0) is 16.0 Å². The summed E-state index contributed by atoms with van der Waals surface area (Å²) in [5, 5.41) is 10.8. The first kappa shape index (κ1) is 14.4. The molecule has 104 valence electrons. The number of nitrogens with zero attached hydrogens (tertiary/aromatic N) is 1. The molecule has 4 nitrogen and oxygen atoms in total. The quantitative estimate of drug-likeness (QED) is 0.926. The van der Waals surface area contributed by atoms with E-state index in [1.54, 1.807) is 42.0 Å². The van der Waals surface area contributed by atoms with Gasteiger partial charge in [-0.25, -0.2) is 0 Å². The monoisotopic (exact) mass is 299 g/mol. The van der Waals surface area contributed by atoms with Crippen LogP contribution in [0.5, 0.6) is 0 Å². The van der Waals surface area contributed by atoms with Crippen molar-refractivity contribution in [1.29, 1.82) is 0 Å². The van der Waals surface area contributed by atoms with E-state index in [-0.39, 0.29) is 17.7 Å². The molecule has 0 aliphatic carbocycles. The highest BCUT2D eigenvalue weighted by Gasteiger charge is 2.31. The molecule has 0 aromatic carbocycles. The van der Waals surface area contributed by atoms with Gasteiger partial charge in [0, 0.05) is 18.5 Å². The van der Waals surface area contributed by atoms with Gasteiger partial charge < -0.3 is 10.0 Å². The van der Waals surface area contributed by atoms with Crippen molar-refractivity contribution >= 4 is 35.0 Å². The summed E-state index contributed by atoms with van der Waals surface area (Å²) in [6.45, 7) is 1.88. The van der Waals surface area contributed by atoms with E-state index in [1.807, 2.05) is 11.4 Å². The van der Waals surface area contributed by atoms with Gasteiger partial charge in [-0.1, -0.05) is 6.92 Å². The number of carbonyl (C=O) groups excluding carboxylic acids is 1. The van der Waals surface area contributed by atoms with Gasteiger partial charge in [0.25, 0.3) is 0 Å². The molecular weight excluding hydrogens is 282 g/mol. The number of amides is 1. The van der Waals surface area contributed by atoms with Crippen LogP contribution >= 0.6 is 23.1 Å². The molecule has 1 N–H and O–H groups in total. The highest BCUT2D eigenvalue weighted by atomic mass is 32.2. The molecule has 0 spiro atoms. The molecule has 0 bridgehead atoms. The minimum absolute atomic E-state index is 0.0115. The van der Waals surface area contributed by atoms with Crippen LogP contribution in [0.2, 0.25) is 0 Å². The summed E-state index contributed by atoms with van der Waals surface area (Å²) in [6.07, 6.45) is 1.02. The summed E-state index contributed by atoms with van der Waals surface area (Å²) in [6, 6.07) is 2.02. The highest BCUT2D eigenvalue weighted by Crippen LogP contribution is 2.40. The van der Waals surface area contributed by atoms with Crippen molar-refractivity contribution in [3.05, 3.63) is 21.9 Å². The molecule has 2 atom stereocenters. The molecule has 2 heterocycles. The van der Waals surface area contributed by atoms with Crippen molar-refractivity contribution in [2.45, 2.75) is 18.6 Å². The second-order valence-electron chi connectivity index (χ2n) is 4.76. The van der Waals surface area contributed by atoms with Crippen molar-refractivity contribution in [2.24, 2.45) is 5.92 Å². The molecule has 1 amide bonds. The van der Waals surface area contributed by atoms with Crippen LogP contribution in [0, 0.1) is 5.92 Å². The van der Waals surface area contributed by atoms with Crippen LogP contribution in [0.15, 0.2) is 11.4 Å². The van der Waals surface area contributed by atoms with Gasteiger partial charge in [0.1, 0.15) is 5.25 Å². The first-order chi connectivity index (χ1) is 9.00. The van der Waals surface area contributed by atoms with Gasteiger partial charge >= 0.3 is 5.97 Å². The van der Waals surface area contributed by atoms with E-state index in [2.05, 4.69) is 0 Å². The Bertz CT molecular complexity index is 486. The number of thiophene rings is 1. The summed E-state index contributed by atoms with van der Waals surface area (Å²) in [7, 11) is 1.68. The number of thioether (sulfide) groups is 1. The summed E-state index contributed by atoms with van der Waals surface area (Å²) in [5.41, 5.74) is 1.11. The zero-order valence-corrected chi connectivity index (χ0v) is 12.6. The third-order valence-electron chi connectivity index (χ3n) is 3.25. The number of hydrogen-bond donors (Lipinski definition) is 1. The molecule has 0 unspecified atom stereocenters. The number of carboxylic acids is 1. The molecule has 1 aliphatic heterocycles. The lowest BCUT2D eigenvalue weighted by Gasteiger charge is -2.27. The van der Waals surface area contributed by atoms with E-state index in [0.29, 0.717) is 0 Å². The number of carboxylic acid groups (broad SMARTS) is 1. The van der Waals surface area contributed by atoms with Crippen LogP contribution in [0.25, 0.3) is 0 Å². The number of aliphatic carboxylic acids is 1. The number of carbonyl (C=O) groups is 2. The Morgan fingerprint density at radius 3 is 3.00 bits per heavy atom. The zero-order valence-electron chi connectivity index (χ0n) is 11.0. The van der Waals surface area contributed by atoms with Crippen LogP contribution < -0.4 is 0 Å². The Hall–Kier alpha value is -1.01. The van der Waals surface area contributed by atoms with E-state index in [9.17, 15) is 9.59 Å². The highest BCUT2D eigenvalue weighted by molar-refractivity contribution is 8.00. The van der Waals surface area contributed by atoms with Gasteiger partial charge in [0.2, 0.25) is 5.91 Å². The summed E-state index contributed by atoms with van der Waals surface area (Å²) >= 11 is 3.35. The Balaban J connectivity index is 2.07. The average Bonchev–Trinajstić information content (AvgIpc) is 2.85. The predicted molar refractivity (Wildman–Crippen MR) is 77.7 cm³/mol. The van der Waals surface area contributed by atoms with Gasteiger partial charge in [-0.15, -0.1) is 23.1 Å². The second kappa shape index (κ2) is 5.96. The van der Waals surface area contributed by atoms with E-state index < -0.39 is 11.9 Å². The van der Waals surface area contributed by atoms with E-state index in [4.69, 9.17) is 5.11 Å². The first-order valence-corrected chi connectivity index (χ1v) is 8.09. The molecular formula is C13H17NO3S2. The van der Waals surface area contributed by atoms with Gasteiger partial charge in [-0.3, -0.25) is 9.59 Å². The third kappa shape index (κ3) is 3.12. The van der Waals surface area contributed by atoms with Gasteiger partial charge in [-0.2, -0.15) is 0 Å². The number of rotatable bonds is 4. The molecule has 1 aromatic heterocycles. The fraction of sp³-hybridized carbons (Fsp3) is 0.538. The van der Waals surface area contributed by atoms with Crippen LogP contribution in [0.1, 0.15) is 22.6 Å². The minimum atomic E-state index is -0.868. The number of hydrogen-bond acceptors (Lipinski definition) is 4. The maximum atomic E-state index is 12.4. The fourth-order valence-electron chi connectivity index (χ4n) is 2.13. The van der Waals surface area contributed by atoms with E-state index in [1.165, 1.54) is 4.88 Å². The molecule has 19 heavy (non-hydrogen) atoms. The second-order valence-corrected chi connectivity index (χ2v) is 6.97. The Labute approximate surface area is 120 Å². The Kier molecular flexibility index (Phi) is 4.52. The van der Waals surface area contributed by atoms with E-state index in [0.717, 1.165) is 17.7 Å². The lowest BCUT2D eigenvalue weighted by molar-refractivity contribution is -0.142. The topological polar surface area (TPSA) is 57.6 Å². The Morgan fingerprint density at radius 1 is 1.58 bits per heavy atom. The summed E-state index contributed by atoms with van der Waals surface area (Å²) < 4.78 is 0. The molecule has 0 saturated heterocycles. The van der Waals surface area contributed by atoms with Crippen LogP contribution in [-0.4, -0.2) is 41.2 Å². The van der Waals surface area contributed by atoms with Gasteiger partial charge in [0.15, 0.2) is 0 Å². The zero-order chi connectivity index (χ0) is 14.0. The standard InChI is InChI=1S/C13H17NO3S2/c1-8(13(16)17)7-14(2)12(15)11-9-3-5-18-10(9)4-6-19-11/h3,5,8,11H,4,6-7H2,1-2H3,(H,16,17)/t8-,11-/m0/s1. The largest absolute Gasteiger partial charge is 0.481 e. The molecule has 1 aromatic rings. The van der Waals surface area contributed by atoms with E-state index >= 15 is 0 Å². The lowest BCUT2D eigenvalue weighted by atomic mass is 10.1. The molecule has 1 aliphatic rings. The van der Waals surface area contributed by atoms with Crippen LogP contribution in [0.4, 0.5) is 0 Å². The molecule has 0 radical (unpaired) electrons. The predicted octanol–water partition coefficient (Wildman–Crippen LogP) is 2.26. The maximum Gasteiger partial charge on any atom is 0.308 e.